The molecule has 1 aromatic carbocycles. The van der Waals surface area contributed by atoms with Gasteiger partial charge < -0.3 is 4.74 Å². The van der Waals surface area contributed by atoms with Crippen molar-refractivity contribution in [3.05, 3.63) is 29.6 Å². The van der Waals surface area contributed by atoms with Crippen LogP contribution in [0.4, 0.5) is 4.39 Å². The first-order valence-electron chi connectivity index (χ1n) is 6.66. The normalized spacial score (nSPS) is 17.6. The average Bonchev–Trinajstić information content (AvgIpc) is 3.23. The quantitative estimate of drug-likeness (QED) is 0.857. The maximum Gasteiger partial charge on any atom is 0.143 e. The summed E-state index contributed by atoms with van der Waals surface area (Å²) in [4.78, 5) is 0. The molecule has 0 heterocycles. The molecular weight excluding hydrogens is 243 g/mol. The minimum atomic E-state index is -0.643. The maximum absolute atomic E-state index is 13.4. The molecule has 3 nitrogen and oxygen atoms in total. The van der Waals surface area contributed by atoms with Crippen LogP contribution in [0.25, 0.3) is 0 Å². The molecule has 1 saturated carbocycles. The Morgan fingerprint density at radius 1 is 1.53 bits per heavy atom. The summed E-state index contributed by atoms with van der Waals surface area (Å²) in [5, 5.41) is 12.7. The zero-order chi connectivity index (χ0) is 13.9. The summed E-state index contributed by atoms with van der Waals surface area (Å²) < 4.78 is 19.1. The van der Waals surface area contributed by atoms with Crippen LogP contribution < -0.4 is 10.1 Å². The van der Waals surface area contributed by atoms with Crippen molar-refractivity contribution in [1.29, 1.82) is 5.26 Å². The summed E-state index contributed by atoms with van der Waals surface area (Å²) in [7, 11) is 0. The summed E-state index contributed by atoms with van der Waals surface area (Å²) in [6, 6.07) is 7.14. The molecule has 0 saturated heterocycles. The Morgan fingerprint density at radius 2 is 2.26 bits per heavy atom. The van der Waals surface area contributed by atoms with Gasteiger partial charge in [0.1, 0.15) is 23.7 Å². The van der Waals surface area contributed by atoms with Crippen molar-refractivity contribution in [1.82, 2.24) is 5.32 Å². The van der Waals surface area contributed by atoms with Crippen molar-refractivity contribution >= 4 is 0 Å². The van der Waals surface area contributed by atoms with Crippen molar-refractivity contribution in [3.8, 4) is 11.8 Å². The van der Waals surface area contributed by atoms with Gasteiger partial charge in [-0.05, 0) is 43.9 Å². The first-order valence-corrected chi connectivity index (χ1v) is 6.66. The Hall–Kier alpha value is -1.60. The summed E-state index contributed by atoms with van der Waals surface area (Å²) in [5.74, 6) is 0.531. The monoisotopic (exact) mass is 262 g/mol. The highest BCUT2D eigenvalue weighted by Gasteiger charge is 2.46. The van der Waals surface area contributed by atoms with Gasteiger partial charge in [0.15, 0.2) is 0 Å². The lowest BCUT2D eigenvalue weighted by Gasteiger charge is -2.27. The molecule has 0 amide bonds. The number of rotatable bonds is 6. The van der Waals surface area contributed by atoms with Gasteiger partial charge in [0.2, 0.25) is 0 Å². The number of hydrogen-bond acceptors (Lipinski definition) is 3. The third-order valence-electron chi connectivity index (χ3n) is 3.58. The van der Waals surface area contributed by atoms with Crippen molar-refractivity contribution in [2.24, 2.45) is 5.92 Å². The van der Waals surface area contributed by atoms with Crippen LogP contribution >= 0.6 is 0 Å². The fourth-order valence-corrected chi connectivity index (χ4v) is 2.23. The van der Waals surface area contributed by atoms with E-state index in [0.29, 0.717) is 17.2 Å². The lowest BCUT2D eigenvalue weighted by Crippen LogP contribution is -2.50. The summed E-state index contributed by atoms with van der Waals surface area (Å²) in [6.07, 6.45) is 2.10. The molecule has 1 atom stereocenters. The second kappa shape index (κ2) is 5.58. The third-order valence-corrected chi connectivity index (χ3v) is 3.58. The minimum absolute atomic E-state index is 0.254. The highest BCUT2D eigenvalue weighted by Crippen LogP contribution is 2.39. The van der Waals surface area contributed by atoms with E-state index in [4.69, 9.17) is 4.74 Å². The van der Waals surface area contributed by atoms with E-state index in [-0.39, 0.29) is 12.4 Å². The van der Waals surface area contributed by atoms with Gasteiger partial charge in [-0.15, -0.1) is 0 Å². The Labute approximate surface area is 113 Å². The number of likely N-dealkylation sites (N-methyl/N-ethyl adjacent to an activating group) is 1. The van der Waals surface area contributed by atoms with E-state index in [0.717, 1.165) is 19.4 Å². The second-order valence-electron chi connectivity index (χ2n) is 5.09. The largest absolute Gasteiger partial charge is 0.490 e. The van der Waals surface area contributed by atoms with Crippen molar-refractivity contribution < 1.29 is 9.13 Å². The molecule has 1 aliphatic carbocycles. The van der Waals surface area contributed by atoms with Crippen LogP contribution in [0.15, 0.2) is 18.2 Å². The van der Waals surface area contributed by atoms with Gasteiger partial charge in [-0.2, -0.15) is 5.26 Å². The van der Waals surface area contributed by atoms with Gasteiger partial charge in [0.05, 0.1) is 6.07 Å². The summed E-state index contributed by atoms with van der Waals surface area (Å²) >= 11 is 0. The second-order valence-corrected chi connectivity index (χ2v) is 5.09. The van der Waals surface area contributed by atoms with Crippen LogP contribution in [-0.4, -0.2) is 18.7 Å². The SMILES string of the molecule is CCNC(C#N)(COc1ccc(C)c(F)c1)C1CC1. The molecule has 2 rings (SSSR count). The molecular formula is C15H19FN2O. The number of halogens is 1. The number of nitrogens with zero attached hydrogens (tertiary/aromatic N) is 1. The van der Waals surface area contributed by atoms with Gasteiger partial charge >= 0.3 is 0 Å². The topological polar surface area (TPSA) is 45.0 Å². The van der Waals surface area contributed by atoms with Crippen LogP contribution in [0, 0.1) is 30.0 Å². The predicted molar refractivity (Wildman–Crippen MR) is 71.4 cm³/mol. The van der Waals surface area contributed by atoms with Crippen molar-refractivity contribution in [2.75, 3.05) is 13.2 Å². The maximum atomic E-state index is 13.4. The fourth-order valence-electron chi connectivity index (χ4n) is 2.23. The van der Waals surface area contributed by atoms with Crippen LogP contribution in [0.2, 0.25) is 0 Å². The zero-order valence-electron chi connectivity index (χ0n) is 11.4. The molecule has 1 aromatic rings. The van der Waals surface area contributed by atoms with E-state index in [9.17, 15) is 9.65 Å². The van der Waals surface area contributed by atoms with E-state index in [2.05, 4.69) is 11.4 Å². The first-order chi connectivity index (χ1) is 9.11. The van der Waals surface area contributed by atoms with Crippen molar-refractivity contribution in [3.63, 3.8) is 0 Å². The first kappa shape index (κ1) is 13.8. The van der Waals surface area contributed by atoms with Crippen LogP contribution in [0.3, 0.4) is 0 Å². The number of benzene rings is 1. The number of nitriles is 1. The number of aryl methyl sites for hydroxylation is 1. The molecule has 19 heavy (non-hydrogen) atoms. The van der Waals surface area contributed by atoms with E-state index >= 15 is 0 Å². The highest BCUT2D eigenvalue weighted by molar-refractivity contribution is 5.28. The van der Waals surface area contributed by atoms with E-state index in [1.54, 1.807) is 19.1 Å². The number of hydrogen-bond donors (Lipinski definition) is 1. The van der Waals surface area contributed by atoms with Gasteiger partial charge in [-0.3, -0.25) is 5.32 Å². The Morgan fingerprint density at radius 3 is 2.79 bits per heavy atom. The highest BCUT2D eigenvalue weighted by atomic mass is 19.1. The molecule has 1 aliphatic rings. The smallest absolute Gasteiger partial charge is 0.143 e. The van der Waals surface area contributed by atoms with E-state index in [1.165, 1.54) is 6.07 Å². The summed E-state index contributed by atoms with van der Waals surface area (Å²) in [5.41, 5.74) is -0.0522. The predicted octanol–water partition coefficient (Wildman–Crippen LogP) is 2.79. The van der Waals surface area contributed by atoms with Crippen LogP contribution in [0.5, 0.6) is 5.75 Å². The van der Waals surface area contributed by atoms with Crippen LogP contribution in [-0.2, 0) is 0 Å². The van der Waals surface area contributed by atoms with Crippen LogP contribution in [0.1, 0.15) is 25.3 Å². The van der Waals surface area contributed by atoms with E-state index in [1.807, 2.05) is 6.92 Å². The standard InChI is InChI=1S/C15H19FN2O/c1-3-18-15(9-17,12-5-6-12)10-19-13-7-4-11(2)14(16)8-13/h4,7-8,12,18H,3,5-6,10H2,1-2H3. The fraction of sp³-hybridized carbons (Fsp3) is 0.533. The molecule has 0 aliphatic heterocycles. The third kappa shape index (κ3) is 3.05. The molecule has 1 unspecified atom stereocenters. The molecule has 1 N–H and O–H groups in total. The van der Waals surface area contributed by atoms with Crippen molar-refractivity contribution in [2.45, 2.75) is 32.2 Å². The Kier molecular flexibility index (Phi) is 4.06. The van der Waals surface area contributed by atoms with Gasteiger partial charge in [-0.1, -0.05) is 13.0 Å². The van der Waals surface area contributed by atoms with Gasteiger partial charge in [0.25, 0.3) is 0 Å². The molecule has 0 spiro atoms. The van der Waals surface area contributed by atoms with Gasteiger partial charge in [0, 0.05) is 6.07 Å². The Balaban J connectivity index is 2.06. The zero-order valence-corrected chi connectivity index (χ0v) is 11.4. The molecule has 1 fully saturated rings. The summed E-state index contributed by atoms with van der Waals surface area (Å²) in [6.45, 7) is 4.65. The van der Waals surface area contributed by atoms with E-state index < -0.39 is 5.54 Å². The minimum Gasteiger partial charge on any atom is -0.490 e. The Bertz CT molecular complexity index is 493. The molecule has 102 valence electrons. The molecule has 0 bridgehead atoms. The molecule has 4 heteroatoms. The number of ether oxygens (including phenoxy) is 1. The molecule has 0 radical (unpaired) electrons. The molecule has 0 aromatic heterocycles. The number of nitrogens with one attached hydrogen (secondary N) is 1. The average molecular weight is 262 g/mol. The lowest BCUT2D eigenvalue weighted by atomic mass is 9.96. The lowest BCUT2D eigenvalue weighted by molar-refractivity contribution is 0.204. The van der Waals surface area contributed by atoms with Gasteiger partial charge in [-0.25, -0.2) is 4.39 Å².